The first-order valence-corrected chi connectivity index (χ1v) is 7.54. The molecule has 0 bridgehead atoms. The normalized spacial score (nSPS) is 10.7. The van der Waals surface area contributed by atoms with Crippen molar-refractivity contribution in [2.45, 2.75) is 40.2 Å². The standard InChI is InChI=1S/C17H24N4/c1-4-5-11-21(15-9-7-6-8-10-15)17-16(12-18)13(2)14(3)19-20-17/h6-10H,4-5,11-12,18H2,1-3H3. The number of para-hydroxylation sites is 1. The van der Waals surface area contributed by atoms with Gasteiger partial charge in [-0.05, 0) is 38.0 Å². The minimum Gasteiger partial charge on any atom is -0.326 e. The summed E-state index contributed by atoms with van der Waals surface area (Å²) < 4.78 is 0. The Morgan fingerprint density at radius 1 is 1.10 bits per heavy atom. The fourth-order valence-corrected chi connectivity index (χ4v) is 2.39. The van der Waals surface area contributed by atoms with E-state index in [-0.39, 0.29) is 0 Å². The van der Waals surface area contributed by atoms with Gasteiger partial charge >= 0.3 is 0 Å². The van der Waals surface area contributed by atoms with Crippen molar-refractivity contribution in [2.75, 3.05) is 11.4 Å². The SMILES string of the molecule is CCCCN(c1ccccc1)c1nnc(C)c(C)c1CN. The van der Waals surface area contributed by atoms with Crippen LogP contribution in [-0.4, -0.2) is 16.7 Å². The second-order valence-electron chi connectivity index (χ2n) is 5.26. The number of benzene rings is 1. The molecule has 112 valence electrons. The van der Waals surface area contributed by atoms with E-state index in [4.69, 9.17) is 5.73 Å². The van der Waals surface area contributed by atoms with Crippen molar-refractivity contribution in [1.82, 2.24) is 10.2 Å². The van der Waals surface area contributed by atoms with Crippen LogP contribution in [0.2, 0.25) is 0 Å². The molecular formula is C17H24N4. The molecule has 2 N–H and O–H groups in total. The summed E-state index contributed by atoms with van der Waals surface area (Å²) in [5.74, 6) is 0.889. The van der Waals surface area contributed by atoms with Gasteiger partial charge in [0.25, 0.3) is 0 Å². The van der Waals surface area contributed by atoms with E-state index < -0.39 is 0 Å². The number of nitrogens with two attached hydrogens (primary N) is 1. The second kappa shape index (κ2) is 7.18. The molecule has 1 aromatic carbocycles. The Kier molecular flexibility index (Phi) is 5.28. The Labute approximate surface area is 127 Å². The van der Waals surface area contributed by atoms with E-state index in [1.807, 2.05) is 25.1 Å². The Balaban J connectivity index is 2.49. The highest BCUT2D eigenvalue weighted by molar-refractivity contribution is 5.63. The maximum Gasteiger partial charge on any atom is 0.160 e. The number of anilines is 2. The van der Waals surface area contributed by atoms with E-state index in [1.54, 1.807) is 0 Å². The highest BCUT2D eigenvalue weighted by atomic mass is 15.3. The molecule has 0 fully saturated rings. The van der Waals surface area contributed by atoms with Crippen molar-refractivity contribution in [3.8, 4) is 0 Å². The van der Waals surface area contributed by atoms with Gasteiger partial charge in [-0.2, -0.15) is 5.10 Å². The molecule has 0 aliphatic heterocycles. The fourth-order valence-electron chi connectivity index (χ4n) is 2.39. The summed E-state index contributed by atoms with van der Waals surface area (Å²) in [4.78, 5) is 2.23. The molecule has 2 aromatic rings. The molecule has 21 heavy (non-hydrogen) atoms. The van der Waals surface area contributed by atoms with Gasteiger partial charge in [0.05, 0.1) is 5.69 Å². The van der Waals surface area contributed by atoms with Crippen LogP contribution in [0.5, 0.6) is 0 Å². The van der Waals surface area contributed by atoms with Gasteiger partial charge in [-0.3, -0.25) is 0 Å². The number of nitrogens with zero attached hydrogens (tertiary/aromatic N) is 3. The van der Waals surface area contributed by atoms with Gasteiger partial charge in [0.1, 0.15) is 0 Å². The lowest BCUT2D eigenvalue weighted by Gasteiger charge is -2.26. The molecule has 4 heteroatoms. The van der Waals surface area contributed by atoms with Gasteiger partial charge in [-0.1, -0.05) is 31.5 Å². The van der Waals surface area contributed by atoms with Crippen LogP contribution >= 0.6 is 0 Å². The Morgan fingerprint density at radius 2 is 1.81 bits per heavy atom. The molecule has 0 unspecified atom stereocenters. The smallest absolute Gasteiger partial charge is 0.160 e. The van der Waals surface area contributed by atoms with Crippen molar-refractivity contribution in [3.05, 3.63) is 47.2 Å². The zero-order chi connectivity index (χ0) is 15.2. The van der Waals surface area contributed by atoms with Gasteiger partial charge in [-0.25, -0.2) is 0 Å². The Bertz CT molecular complexity index is 581. The average Bonchev–Trinajstić information content (AvgIpc) is 2.52. The first-order chi connectivity index (χ1) is 10.2. The molecule has 0 amide bonds. The zero-order valence-electron chi connectivity index (χ0n) is 13.1. The van der Waals surface area contributed by atoms with Crippen LogP contribution in [0.4, 0.5) is 11.5 Å². The van der Waals surface area contributed by atoms with Gasteiger partial charge in [0.2, 0.25) is 0 Å². The van der Waals surface area contributed by atoms with Gasteiger partial charge in [-0.15, -0.1) is 5.10 Å². The number of hydrogen-bond donors (Lipinski definition) is 1. The van der Waals surface area contributed by atoms with Crippen LogP contribution in [0.1, 0.15) is 36.6 Å². The quantitative estimate of drug-likeness (QED) is 0.882. The fraction of sp³-hybridized carbons (Fsp3) is 0.412. The van der Waals surface area contributed by atoms with Crippen molar-refractivity contribution in [1.29, 1.82) is 0 Å². The van der Waals surface area contributed by atoms with Crippen molar-refractivity contribution in [2.24, 2.45) is 5.73 Å². The summed E-state index contributed by atoms with van der Waals surface area (Å²) in [6.07, 6.45) is 2.24. The number of rotatable bonds is 6. The maximum atomic E-state index is 5.97. The lowest BCUT2D eigenvalue weighted by atomic mass is 10.1. The van der Waals surface area contributed by atoms with E-state index >= 15 is 0 Å². The third-order valence-corrected chi connectivity index (χ3v) is 3.82. The summed E-state index contributed by atoms with van der Waals surface area (Å²) in [6, 6.07) is 10.3. The monoisotopic (exact) mass is 284 g/mol. The van der Waals surface area contributed by atoms with Crippen molar-refractivity contribution in [3.63, 3.8) is 0 Å². The molecule has 0 aliphatic carbocycles. The van der Waals surface area contributed by atoms with Gasteiger partial charge in [0, 0.05) is 24.3 Å². The number of aromatic nitrogens is 2. The average molecular weight is 284 g/mol. The number of hydrogen-bond acceptors (Lipinski definition) is 4. The van der Waals surface area contributed by atoms with Crippen LogP contribution in [0.3, 0.4) is 0 Å². The molecule has 1 heterocycles. The third-order valence-electron chi connectivity index (χ3n) is 3.82. The van der Waals surface area contributed by atoms with E-state index in [0.717, 1.165) is 47.7 Å². The molecular weight excluding hydrogens is 260 g/mol. The van der Waals surface area contributed by atoms with Gasteiger partial charge < -0.3 is 10.6 Å². The Morgan fingerprint density at radius 3 is 2.43 bits per heavy atom. The highest BCUT2D eigenvalue weighted by Gasteiger charge is 2.17. The van der Waals surface area contributed by atoms with E-state index in [2.05, 4.69) is 41.1 Å². The minimum atomic E-state index is 0.479. The van der Waals surface area contributed by atoms with E-state index in [1.165, 1.54) is 0 Å². The molecule has 0 spiro atoms. The van der Waals surface area contributed by atoms with E-state index in [0.29, 0.717) is 6.54 Å². The topological polar surface area (TPSA) is 55.0 Å². The lowest BCUT2D eigenvalue weighted by Crippen LogP contribution is -2.23. The summed E-state index contributed by atoms with van der Waals surface area (Å²) in [6.45, 7) is 7.64. The predicted octanol–water partition coefficient (Wildman–Crippen LogP) is 3.49. The number of unbranched alkanes of at least 4 members (excludes halogenated alkanes) is 1. The van der Waals surface area contributed by atoms with Crippen LogP contribution < -0.4 is 10.6 Å². The molecule has 0 atom stereocenters. The van der Waals surface area contributed by atoms with Crippen molar-refractivity contribution >= 4 is 11.5 Å². The molecule has 2 rings (SSSR count). The third kappa shape index (κ3) is 3.39. The molecule has 0 aliphatic rings. The van der Waals surface area contributed by atoms with Crippen LogP contribution in [0, 0.1) is 13.8 Å². The number of aryl methyl sites for hydroxylation is 1. The largest absolute Gasteiger partial charge is 0.326 e. The van der Waals surface area contributed by atoms with Gasteiger partial charge in [0.15, 0.2) is 5.82 Å². The van der Waals surface area contributed by atoms with Crippen LogP contribution in [-0.2, 0) is 6.54 Å². The minimum absolute atomic E-state index is 0.479. The molecule has 0 radical (unpaired) electrons. The maximum absolute atomic E-state index is 5.97. The lowest BCUT2D eigenvalue weighted by molar-refractivity contribution is 0.763. The molecule has 0 saturated carbocycles. The summed E-state index contributed by atoms with van der Waals surface area (Å²) in [5, 5.41) is 8.73. The predicted molar refractivity (Wildman–Crippen MR) is 87.8 cm³/mol. The highest BCUT2D eigenvalue weighted by Crippen LogP contribution is 2.28. The van der Waals surface area contributed by atoms with Crippen molar-refractivity contribution < 1.29 is 0 Å². The summed E-state index contributed by atoms with van der Waals surface area (Å²) >= 11 is 0. The second-order valence-corrected chi connectivity index (χ2v) is 5.26. The molecule has 0 saturated heterocycles. The first kappa shape index (κ1) is 15.4. The summed E-state index contributed by atoms with van der Waals surface area (Å²) in [5.41, 5.74) is 10.3. The zero-order valence-corrected chi connectivity index (χ0v) is 13.1. The van der Waals surface area contributed by atoms with E-state index in [9.17, 15) is 0 Å². The Hall–Kier alpha value is -1.94. The van der Waals surface area contributed by atoms with Crippen LogP contribution in [0.15, 0.2) is 30.3 Å². The molecule has 4 nitrogen and oxygen atoms in total. The molecule has 1 aromatic heterocycles. The van der Waals surface area contributed by atoms with Crippen LogP contribution in [0.25, 0.3) is 0 Å². The summed E-state index contributed by atoms with van der Waals surface area (Å²) in [7, 11) is 0. The first-order valence-electron chi connectivity index (χ1n) is 7.54.